The molecule has 0 N–H and O–H groups in total. The van der Waals surface area contributed by atoms with Crippen molar-refractivity contribution in [2.24, 2.45) is 0 Å². The smallest absolute Gasteiger partial charge is 0.306 e. The Kier molecular flexibility index (Phi) is 6.25. The Morgan fingerprint density at radius 1 is 1.12 bits per heavy atom. The van der Waals surface area contributed by atoms with Crippen molar-refractivity contribution >= 4 is 29.2 Å². The van der Waals surface area contributed by atoms with Crippen molar-refractivity contribution in [3.8, 4) is 11.1 Å². The van der Waals surface area contributed by atoms with E-state index in [9.17, 15) is 9.18 Å². The molecule has 24 heavy (non-hydrogen) atoms. The molecule has 2 aromatic rings. The van der Waals surface area contributed by atoms with E-state index in [0.717, 1.165) is 11.1 Å². The molecule has 0 fully saturated rings. The van der Waals surface area contributed by atoms with Crippen molar-refractivity contribution in [1.82, 2.24) is 0 Å². The lowest BCUT2D eigenvalue weighted by atomic mass is 9.96. The number of hydrogen-bond donors (Lipinski definition) is 0. The SMILES string of the molecule is CCOC(=O)CCc1cc(-c2c(Cl)cc(C)cc2Cl)cc(C)c1F. The van der Waals surface area contributed by atoms with E-state index in [-0.39, 0.29) is 24.6 Å². The van der Waals surface area contributed by atoms with Crippen LogP contribution in [0.15, 0.2) is 24.3 Å². The van der Waals surface area contributed by atoms with Crippen molar-refractivity contribution in [2.75, 3.05) is 6.61 Å². The highest BCUT2D eigenvalue weighted by molar-refractivity contribution is 6.39. The molecule has 2 nitrogen and oxygen atoms in total. The molecule has 0 aliphatic rings. The monoisotopic (exact) mass is 368 g/mol. The highest BCUT2D eigenvalue weighted by Gasteiger charge is 2.15. The minimum absolute atomic E-state index is 0.128. The zero-order valence-electron chi connectivity index (χ0n) is 13.9. The first-order chi connectivity index (χ1) is 11.3. The number of rotatable bonds is 5. The molecule has 0 atom stereocenters. The summed E-state index contributed by atoms with van der Waals surface area (Å²) in [4.78, 5) is 11.5. The Hall–Kier alpha value is -1.58. The highest BCUT2D eigenvalue weighted by atomic mass is 35.5. The Bertz CT molecular complexity index is 749. The van der Waals surface area contributed by atoms with Crippen LogP contribution in [0.1, 0.15) is 30.0 Å². The molecule has 0 amide bonds. The normalized spacial score (nSPS) is 10.8. The molecule has 0 radical (unpaired) electrons. The average molecular weight is 369 g/mol. The van der Waals surface area contributed by atoms with Gasteiger partial charge in [-0.1, -0.05) is 23.2 Å². The van der Waals surface area contributed by atoms with E-state index in [1.54, 1.807) is 26.0 Å². The maximum atomic E-state index is 14.4. The van der Waals surface area contributed by atoms with E-state index in [4.69, 9.17) is 27.9 Å². The van der Waals surface area contributed by atoms with Gasteiger partial charge < -0.3 is 4.74 Å². The molecule has 0 saturated carbocycles. The van der Waals surface area contributed by atoms with Gasteiger partial charge in [-0.25, -0.2) is 4.39 Å². The van der Waals surface area contributed by atoms with Gasteiger partial charge in [0.05, 0.1) is 16.7 Å². The summed E-state index contributed by atoms with van der Waals surface area (Å²) < 4.78 is 19.3. The second-order valence-corrected chi connectivity index (χ2v) is 6.49. The van der Waals surface area contributed by atoms with Crippen LogP contribution in [0.3, 0.4) is 0 Å². The summed E-state index contributed by atoms with van der Waals surface area (Å²) in [5.74, 6) is -0.659. The van der Waals surface area contributed by atoms with Gasteiger partial charge in [0, 0.05) is 12.0 Å². The summed E-state index contributed by atoms with van der Waals surface area (Å²) in [5, 5.41) is 1.03. The van der Waals surface area contributed by atoms with E-state index in [1.165, 1.54) is 0 Å². The molecule has 2 aromatic carbocycles. The molecule has 5 heteroatoms. The topological polar surface area (TPSA) is 26.3 Å². The Morgan fingerprint density at radius 2 is 1.75 bits per heavy atom. The number of carbonyl (C=O) groups is 1. The van der Waals surface area contributed by atoms with E-state index in [2.05, 4.69) is 0 Å². The highest BCUT2D eigenvalue weighted by Crippen LogP contribution is 2.37. The molecule has 0 aliphatic carbocycles. The van der Waals surface area contributed by atoms with Crippen LogP contribution in [0.2, 0.25) is 10.0 Å². The van der Waals surface area contributed by atoms with E-state index in [0.29, 0.717) is 33.3 Å². The summed E-state index contributed by atoms with van der Waals surface area (Å²) in [6, 6.07) is 7.05. The Balaban J connectivity index is 2.41. The van der Waals surface area contributed by atoms with Crippen molar-refractivity contribution in [3.05, 3.63) is 56.8 Å². The van der Waals surface area contributed by atoms with Gasteiger partial charge in [-0.3, -0.25) is 4.79 Å². The van der Waals surface area contributed by atoms with Crippen molar-refractivity contribution in [1.29, 1.82) is 0 Å². The third kappa shape index (κ3) is 4.28. The third-order valence-corrected chi connectivity index (χ3v) is 4.30. The maximum absolute atomic E-state index is 14.4. The number of benzene rings is 2. The molecule has 2 rings (SSSR count). The van der Waals surface area contributed by atoms with Gasteiger partial charge >= 0.3 is 5.97 Å². The Morgan fingerprint density at radius 3 is 2.33 bits per heavy atom. The predicted molar refractivity (Wildman–Crippen MR) is 96.3 cm³/mol. The molecule has 0 saturated heterocycles. The molecule has 0 heterocycles. The molecule has 0 spiro atoms. The zero-order valence-corrected chi connectivity index (χ0v) is 15.4. The minimum Gasteiger partial charge on any atom is -0.466 e. The summed E-state index contributed by atoms with van der Waals surface area (Å²) in [6.45, 7) is 5.64. The van der Waals surface area contributed by atoms with E-state index in [1.807, 2.05) is 19.1 Å². The quantitative estimate of drug-likeness (QED) is 0.612. The molecule has 128 valence electrons. The lowest BCUT2D eigenvalue weighted by Gasteiger charge is -2.13. The molecule has 0 bridgehead atoms. The van der Waals surface area contributed by atoms with Crippen LogP contribution in [0.5, 0.6) is 0 Å². The summed E-state index contributed by atoms with van der Waals surface area (Å²) in [7, 11) is 0. The third-order valence-electron chi connectivity index (χ3n) is 3.71. The summed E-state index contributed by atoms with van der Waals surface area (Å²) in [6.07, 6.45) is 0.392. The number of ether oxygens (including phenoxy) is 1. The number of esters is 1. The second kappa shape index (κ2) is 8.00. The number of halogens is 3. The van der Waals surface area contributed by atoms with Gasteiger partial charge in [0.25, 0.3) is 0 Å². The van der Waals surface area contributed by atoms with Crippen LogP contribution in [0.25, 0.3) is 11.1 Å². The van der Waals surface area contributed by atoms with Crippen LogP contribution in [0.4, 0.5) is 4.39 Å². The minimum atomic E-state index is -0.341. The molecule has 0 aromatic heterocycles. The molecular formula is C19H19Cl2FO2. The fourth-order valence-corrected chi connectivity index (χ4v) is 3.43. The van der Waals surface area contributed by atoms with Crippen LogP contribution >= 0.6 is 23.2 Å². The summed E-state index contributed by atoms with van der Waals surface area (Å²) in [5.41, 5.74) is 3.30. The Labute approximate surface area is 151 Å². The lowest BCUT2D eigenvalue weighted by molar-refractivity contribution is -0.143. The van der Waals surface area contributed by atoms with Gasteiger partial charge in [0.1, 0.15) is 5.82 Å². The standard InChI is InChI=1S/C19H19Cl2FO2/c1-4-24-17(23)6-5-13-10-14(9-12(3)19(13)22)18-15(20)7-11(2)8-16(18)21/h7-10H,4-6H2,1-3H3. The number of carbonyl (C=O) groups excluding carboxylic acids is 1. The van der Waals surface area contributed by atoms with Crippen molar-refractivity contribution < 1.29 is 13.9 Å². The van der Waals surface area contributed by atoms with Crippen LogP contribution in [-0.2, 0) is 16.0 Å². The fourth-order valence-electron chi connectivity index (χ4n) is 2.61. The largest absolute Gasteiger partial charge is 0.466 e. The van der Waals surface area contributed by atoms with Gasteiger partial charge in [0.2, 0.25) is 0 Å². The zero-order chi connectivity index (χ0) is 17.9. The fraction of sp³-hybridized carbons (Fsp3) is 0.316. The van der Waals surface area contributed by atoms with E-state index >= 15 is 0 Å². The van der Waals surface area contributed by atoms with E-state index < -0.39 is 0 Å². The predicted octanol–water partition coefficient (Wildman–Crippen LogP) is 5.91. The first kappa shape index (κ1) is 18.8. The van der Waals surface area contributed by atoms with Gasteiger partial charge in [-0.15, -0.1) is 0 Å². The van der Waals surface area contributed by atoms with Crippen LogP contribution in [0, 0.1) is 19.7 Å². The van der Waals surface area contributed by atoms with Crippen molar-refractivity contribution in [3.63, 3.8) is 0 Å². The molecule has 0 unspecified atom stereocenters. The van der Waals surface area contributed by atoms with Gasteiger partial charge in [-0.2, -0.15) is 0 Å². The first-order valence-corrected chi connectivity index (χ1v) is 8.49. The van der Waals surface area contributed by atoms with Crippen molar-refractivity contribution in [2.45, 2.75) is 33.6 Å². The van der Waals surface area contributed by atoms with Crippen LogP contribution in [-0.4, -0.2) is 12.6 Å². The first-order valence-electron chi connectivity index (χ1n) is 7.74. The van der Waals surface area contributed by atoms with Gasteiger partial charge in [0.15, 0.2) is 0 Å². The molecule has 0 aliphatic heterocycles. The van der Waals surface area contributed by atoms with Gasteiger partial charge in [-0.05, 0) is 73.7 Å². The average Bonchev–Trinajstić information content (AvgIpc) is 2.48. The number of hydrogen-bond acceptors (Lipinski definition) is 2. The summed E-state index contributed by atoms with van der Waals surface area (Å²) >= 11 is 12.7. The molecular weight excluding hydrogens is 350 g/mol. The lowest BCUT2D eigenvalue weighted by Crippen LogP contribution is -2.06. The van der Waals surface area contributed by atoms with Crippen LogP contribution < -0.4 is 0 Å². The second-order valence-electron chi connectivity index (χ2n) is 5.67. The maximum Gasteiger partial charge on any atom is 0.306 e. The number of aryl methyl sites for hydroxylation is 3.